The fourth-order valence-electron chi connectivity index (χ4n) is 2.76. The zero-order valence-corrected chi connectivity index (χ0v) is 11.0. The lowest BCUT2D eigenvalue weighted by atomic mass is 9.93. The summed E-state index contributed by atoms with van der Waals surface area (Å²) in [5.74, 6) is 0.857. The number of rotatable bonds is 3. The summed E-state index contributed by atoms with van der Waals surface area (Å²) in [4.78, 5) is 25.3. The molecule has 2 heterocycles. The Morgan fingerprint density at radius 2 is 2.11 bits per heavy atom. The van der Waals surface area contributed by atoms with Crippen LogP contribution in [0.5, 0.6) is 0 Å². The van der Waals surface area contributed by atoms with E-state index in [2.05, 4.69) is 5.32 Å². The zero-order valence-electron chi connectivity index (χ0n) is 11.0. The molecule has 1 N–H and O–H groups in total. The molecule has 18 heavy (non-hydrogen) atoms. The number of hydrogen-bond acceptors (Lipinski definition) is 3. The fourth-order valence-corrected chi connectivity index (χ4v) is 2.76. The lowest BCUT2D eigenvalue weighted by molar-refractivity contribution is -0.139. The highest BCUT2D eigenvalue weighted by atomic mass is 16.5. The maximum atomic E-state index is 12.3. The molecule has 0 radical (unpaired) electrons. The lowest BCUT2D eigenvalue weighted by Crippen LogP contribution is -2.47. The summed E-state index contributed by atoms with van der Waals surface area (Å²) >= 11 is 0. The quantitative estimate of drug-likeness (QED) is 0.793. The normalized spacial score (nSPS) is 25.9. The van der Waals surface area contributed by atoms with Gasteiger partial charge in [-0.2, -0.15) is 0 Å². The van der Waals surface area contributed by atoms with E-state index in [9.17, 15) is 9.59 Å². The minimum atomic E-state index is -0.0123. The summed E-state index contributed by atoms with van der Waals surface area (Å²) in [6, 6.07) is 0. The SMILES string of the molecule is COCC1CCN(C(=O)C2CCC(=O)NC2)CC1. The van der Waals surface area contributed by atoms with Gasteiger partial charge >= 0.3 is 0 Å². The Balaban J connectivity index is 1.78. The van der Waals surface area contributed by atoms with E-state index >= 15 is 0 Å². The highest BCUT2D eigenvalue weighted by molar-refractivity contribution is 5.83. The van der Waals surface area contributed by atoms with Crippen molar-refractivity contribution in [2.24, 2.45) is 11.8 Å². The standard InChI is InChI=1S/C13H22N2O3/c1-18-9-10-4-6-15(7-5-10)13(17)11-2-3-12(16)14-8-11/h10-11H,2-9H2,1H3,(H,14,16). The molecule has 1 unspecified atom stereocenters. The van der Waals surface area contributed by atoms with Gasteiger partial charge in [-0.25, -0.2) is 0 Å². The van der Waals surface area contributed by atoms with Crippen LogP contribution < -0.4 is 5.32 Å². The van der Waals surface area contributed by atoms with Gasteiger partial charge in [0.2, 0.25) is 11.8 Å². The van der Waals surface area contributed by atoms with E-state index in [-0.39, 0.29) is 17.7 Å². The Morgan fingerprint density at radius 3 is 2.67 bits per heavy atom. The van der Waals surface area contributed by atoms with Crippen molar-refractivity contribution in [3.8, 4) is 0 Å². The van der Waals surface area contributed by atoms with Gasteiger partial charge in [0.15, 0.2) is 0 Å². The fraction of sp³-hybridized carbons (Fsp3) is 0.846. The molecule has 0 aromatic carbocycles. The van der Waals surface area contributed by atoms with Crippen molar-refractivity contribution in [1.29, 1.82) is 0 Å². The molecule has 2 amide bonds. The predicted octanol–water partition coefficient (Wildman–Crippen LogP) is 0.398. The number of piperidine rings is 2. The highest BCUT2D eigenvalue weighted by Crippen LogP contribution is 2.21. The molecule has 0 aromatic heterocycles. The monoisotopic (exact) mass is 254 g/mol. The summed E-state index contributed by atoms with van der Waals surface area (Å²) in [7, 11) is 1.72. The minimum absolute atomic E-state index is 0.0123. The maximum Gasteiger partial charge on any atom is 0.227 e. The van der Waals surface area contributed by atoms with Gasteiger partial charge < -0.3 is 15.0 Å². The molecule has 0 aliphatic carbocycles. The first-order valence-electron chi connectivity index (χ1n) is 6.75. The van der Waals surface area contributed by atoms with Gasteiger partial charge in [0.05, 0.1) is 5.92 Å². The van der Waals surface area contributed by atoms with Gasteiger partial charge in [0.1, 0.15) is 0 Å². The van der Waals surface area contributed by atoms with Crippen molar-refractivity contribution in [1.82, 2.24) is 10.2 Å². The van der Waals surface area contributed by atoms with Crippen LogP contribution in [0.25, 0.3) is 0 Å². The van der Waals surface area contributed by atoms with Crippen molar-refractivity contribution < 1.29 is 14.3 Å². The number of ether oxygens (including phenoxy) is 1. The summed E-state index contributed by atoms with van der Waals surface area (Å²) in [6.07, 6.45) is 3.23. The Hall–Kier alpha value is -1.10. The molecule has 2 saturated heterocycles. The smallest absolute Gasteiger partial charge is 0.227 e. The number of amides is 2. The molecule has 2 aliphatic heterocycles. The predicted molar refractivity (Wildman–Crippen MR) is 66.9 cm³/mol. The largest absolute Gasteiger partial charge is 0.384 e. The third kappa shape index (κ3) is 3.22. The zero-order chi connectivity index (χ0) is 13.0. The number of nitrogens with zero attached hydrogens (tertiary/aromatic N) is 1. The minimum Gasteiger partial charge on any atom is -0.384 e. The lowest BCUT2D eigenvalue weighted by Gasteiger charge is -2.35. The van der Waals surface area contributed by atoms with Crippen LogP contribution in [0.4, 0.5) is 0 Å². The molecule has 2 aliphatic rings. The molecule has 5 nitrogen and oxygen atoms in total. The Morgan fingerprint density at radius 1 is 1.39 bits per heavy atom. The van der Waals surface area contributed by atoms with Crippen molar-refractivity contribution in [2.75, 3.05) is 33.4 Å². The molecular formula is C13H22N2O3. The number of carbonyl (C=O) groups excluding carboxylic acids is 2. The van der Waals surface area contributed by atoms with Gasteiger partial charge in [-0.3, -0.25) is 9.59 Å². The molecule has 5 heteroatoms. The second-order valence-electron chi connectivity index (χ2n) is 5.26. The van der Waals surface area contributed by atoms with Crippen LogP contribution in [0.15, 0.2) is 0 Å². The first-order chi connectivity index (χ1) is 8.70. The van der Waals surface area contributed by atoms with Gasteiger partial charge in [0, 0.05) is 39.8 Å². The molecule has 1 atom stereocenters. The third-order valence-corrected chi connectivity index (χ3v) is 3.94. The Bertz CT molecular complexity index is 301. The van der Waals surface area contributed by atoms with E-state index < -0.39 is 0 Å². The molecule has 2 fully saturated rings. The van der Waals surface area contributed by atoms with E-state index in [0.717, 1.165) is 32.5 Å². The topological polar surface area (TPSA) is 58.6 Å². The molecule has 0 aromatic rings. The first kappa shape index (κ1) is 13.3. The van der Waals surface area contributed by atoms with E-state index in [1.165, 1.54) is 0 Å². The van der Waals surface area contributed by atoms with Crippen LogP contribution in [0.3, 0.4) is 0 Å². The number of likely N-dealkylation sites (tertiary alicyclic amines) is 1. The maximum absolute atomic E-state index is 12.3. The molecule has 102 valence electrons. The average Bonchev–Trinajstić information content (AvgIpc) is 2.40. The van der Waals surface area contributed by atoms with E-state index in [4.69, 9.17) is 4.74 Å². The summed E-state index contributed by atoms with van der Waals surface area (Å²) in [5, 5.41) is 2.77. The van der Waals surface area contributed by atoms with Crippen LogP contribution in [0, 0.1) is 11.8 Å². The van der Waals surface area contributed by atoms with Gasteiger partial charge in [-0.15, -0.1) is 0 Å². The van der Waals surface area contributed by atoms with Crippen LogP contribution in [0.1, 0.15) is 25.7 Å². The first-order valence-corrected chi connectivity index (χ1v) is 6.75. The van der Waals surface area contributed by atoms with Gasteiger partial charge in [-0.05, 0) is 25.2 Å². The summed E-state index contributed by atoms with van der Waals surface area (Å²) in [6.45, 7) is 2.96. The average molecular weight is 254 g/mol. The van der Waals surface area contributed by atoms with E-state index in [1.54, 1.807) is 7.11 Å². The summed E-state index contributed by atoms with van der Waals surface area (Å²) in [5.41, 5.74) is 0. The van der Waals surface area contributed by atoms with Crippen molar-refractivity contribution in [3.05, 3.63) is 0 Å². The number of methoxy groups -OCH3 is 1. The third-order valence-electron chi connectivity index (χ3n) is 3.94. The Kier molecular flexibility index (Phi) is 4.58. The van der Waals surface area contributed by atoms with Gasteiger partial charge in [-0.1, -0.05) is 0 Å². The van der Waals surface area contributed by atoms with Crippen LogP contribution >= 0.6 is 0 Å². The Labute approximate surface area is 108 Å². The second kappa shape index (κ2) is 6.18. The van der Waals surface area contributed by atoms with Crippen molar-refractivity contribution in [2.45, 2.75) is 25.7 Å². The van der Waals surface area contributed by atoms with Crippen LogP contribution in [0.2, 0.25) is 0 Å². The number of nitrogens with one attached hydrogen (secondary N) is 1. The molecule has 0 bridgehead atoms. The van der Waals surface area contributed by atoms with Crippen molar-refractivity contribution in [3.63, 3.8) is 0 Å². The molecule has 2 rings (SSSR count). The van der Waals surface area contributed by atoms with Crippen LogP contribution in [-0.2, 0) is 14.3 Å². The molecule has 0 saturated carbocycles. The molecular weight excluding hydrogens is 232 g/mol. The number of hydrogen-bond donors (Lipinski definition) is 1. The van der Waals surface area contributed by atoms with Gasteiger partial charge in [0.25, 0.3) is 0 Å². The van der Waals surface area contributed by atoms with Crippen molar-refractivity contribution >= 4 is 11.8 Å². The highest BCUT2D eigenvalue weighted by Gasteiger charge is 2.30. The molecule has 0 spiro atoms. The van der Waals surface area contributed by atoms with E-state index in [1.807, 2.05) is 4.90 Å². The van der Waals surface area contributed by atoms with E-state index in [0.29, 0.717) is 25.3 Å². The summed E-state index contributed by atoms with van der Waals surface area (Å²) < 4.78 is 5.15. The van der Waals surface area contributed by atoms with Crippen LogP contribution in [-0.4, -0.2) is 50.1 Å². The second-order valence-corrected chi connectivity index (χ2v) is 5.26. The number of carbonyl (C=O) groups is 2.